The normalized spacial score (nSPS) is 18.2. The quantitative estimate of drug-likeness (QED) is 0.166. The summed E-state index contributed by atoms with van der Waals surface area (Å²) in [5.41, 5.74) is 6.46. The van der Waals surface area contributed by atoms with E-state index in [2.05, 4.69) is 38.7 Å². The molecular weight excluding hydrogens is 593 g/mol. The number of amides is 1. The van der Waals surface area contributed by atoms with E-state index in [1.54, 1.807) is 47.6 Å². The molecule has 0 radical (unpaired) electrons. The van der Waals surface area contributed by atoms with Crippen molar-refractivity contribution in [2.75, 3.05) is 5.75 Å². The Kier molecular flexibility index (Phi) is 9.74. The minimum Gasteiger partial charge on any atom is -0.392 e. The molecule has 2 aromatic heterocycles. The molecule has 44 heavy (non-hydrogen) atoms. The van der Waals surface area contributed by atoms with Crippen LogP contribution in [0.5, 0.6) is 0 Å². The lowest BCUT2D eigenvalue weighted by atomic mass is 9.97. The summed E-state index contributed by atoms with van der Waals surface area (Å²) in [4.78, 5) is 16.6. The molecule has 3 heterocycles. The highest BCUT2D eigenvalue weighted by Gasteiger charge is 2.32. The molecule has 2 N–H and O–H groups in total. The standard InChI is InChI=1S/C34H32N4O4S2/c1-22-37-38-34(44-22)43-21-29-17-31(25-10-8-23(20-39)9-11-25)42-33(41-29)26-14-12-24(13-15-26)30-7-3-2-5-27(30)19-36-32(40)28-6-4-16-35-18-28/h2-16,18,29,31,33,39H,17,19-21H2,1H3,(H,36,40)/t29-,31+,33+/m1/s1. The monoisotopic (exact) mass is 624 g/mol. The highest BCUT2D eigenvalue weighted by molar-refractivity contribution is 8.01. The molecular formula is C34H32N4O4S2. The van der Waals surface area contributed by atoms with Crippen molar-refractivity contribution in [3.63, 3.8) is 0 Å². The molecule has 1 saturated heterocycles. The number of carbonyl (C=O) groups is 1. The van der Waals surface area contributed by atoms with Crippen molar-refractivity contribution in [2.45, 2.75) is 49.3 Å². The van der Waals surface area contributed by atoms with Gasteiger partial charge in [0.25, 0.3) is 5.91 Å². The van der Waals surface area contributed by atoms with E-state index in [0.29, 0.717) is 18.5 Å². The lowest BCUT2D eigenvalue weighted by molar-refractivity contribution is -0.245. The van der Waals surface area contributed by atoms with Gasteiger partial charge < -0.3 is 19.9 Å². The first kappa shape index (κ1) is 30.1. The summed E-state index contributed by atoms with van der Waals surface area (Å²) in [5.74, 6) is 0.569. The van der Waals surface area contributed by atoms with Gasteiger partial charge in [-0.3, -0.25) is 9.78 Å². The van der Waals surface area contributed by atoms with Gasteiger partial charge in [-0.05, 0) is 46.9 Å². The number of aromatic nitrogens is 3. The van der Waals surface area contributed by atoms with Crippen LogP contribution < -0.4 is 5.32 Å². The molecule has 10 heteroatoms. The molecule has 224 valence electrons. The third-order valence-corrected chi connectivity index (χ3v) is 9.49. The van der Waals surface area contributed by atoms with Gasteiger partial charge in [-0.1, -0.05) is 95.9 Å². The molecule has 0 aliphatic carbocycles. The molecule has 3 atom stereocenters. The third-order valence-electron chi connectivity index (χ3n) is 7.39. The van der Waals surface area contributed by atoms with Gasteiger partial charge in [0.05, 0.1) is 24.4 Å². The number of aliphatic hydroxyl groups is 1. The van der Waals surface area contributed by atoms with Gasteiger partial charge in [-0.2, -0.15) is 0 Å². The van der Waals surface area contributed by atoms with Gasteiger partial charge in [0.2, 0.25) is 0 Å². The molecule has 0 bridgehead atoms. The average molecular weight is 625 g/mol. The Morgan fingerprint density at radius 3 is 2.50 bits per heavy atom. The molecule has 0 spiro atoms. The number of hydrogen-bond donors (Lipinski definition) is 2. The van der Waals surface area contributed by atoms with E-state index in [-0.39, 0.29) is 24.7 Å². The van der Waals surface area contributed by atoms with Crippen LogP contribution >= 0.6 is 23.1 Å². The minimum absolute atomic E-state index is 0.00439. The fraction of sp³-hybridized carbons (Fsp3) is 0.235. The number of benzene rings is 3. The van der Waals surface area contributed by atoms with E-state index >= 15 is 0 Å². The first-order valence-corrected chi connectivity index (χ1v) is 16.2. The van der Waals surface area contributed by atoms with Gasteiger partial charge in [0.1, 0.15) is 5.01 Å². The van der Waals surface area contributed by atoms with Crippen LogP contribution in [0.4, 0.5) is 0 Å². The Hall–Kier alpha value is -3.93. The molecule has 6 rings (SSSR count). The van der Waals surface area contributed by atoms with Gasteiger partial charge in [-0.15, -0.1) is 10.2 Å². The molecule has 0 saturated carbocycles. The van der Waals surface area contributed by atoms with Gasteiger partial charge >= 0.3 is 0 Å². The zero-order chi connectivity index (χ0) is 30.3. The molecule has 1 aliphatic heterocycles. The second-order valence-electron chi connectivity index (χ2n) is 10.5. The highest BCUT2D eigenvalue weighted by atomic mass is 32.2. The van der Waals surface area contributed by atoms with Crippen molar-refractivity contribution < 1.29 is 19.4 Å². The maximum absolute atomic E-state index is 12.6. The van der Waals surface area contributed by atoms with E-state index in [4.69, 9.17) is 9.47 Å². The van der Waals surface area contributed by atoms with E-state index in [1.165, 1.54) is 0 Å². The average Bonchev–Trinajstić information content (AvgIpc) is 3.51. The molecule has 3 aromatic carbocycles. The molecule has 1 fully saturated rings. The van der Waals surface area contributed by atoms with Crippen LogP contribution in [0.15, 0.2) is 102 Å². The second-order valence-corrected chi connectivity index (χ2v) is 12.9. The fourth-order valence-corrected chi connectivity index (χ4v) is 6.93. The number of thioether (sulfide) groups is 1. The highest BCUT2D eigenvalue weighted by Crippen LogP contribution is 2.40. The lowest BCUT2D eigenvalue weighted by Gasteiger charge is -2.36. The van der Waals surface area contributed by atoms with Gasteiger partial charge in [-0.25, -0.2) is 0 Å². The van der Waals surface area contributed by atoms with Crippen LogP contribution in [-0.4, -0.2) is 38.1 Å². The fourth-order valence-electron chi connectivity index (χ4n) is 5.07. The first-order valence-electron chi connectivity index (χ1n) is 14.4. The summed E-state index contributed by atoms with van der Waals surface area (Å²) in [6.45, 7) is 2.35. The zero-order valence-electron chi connectivity index (χ0n) is 24.1. The number of pyridine rings is 1. The number of aliphatic hydroxyl groups excluding tert-OH is 1. The molecule has 0 unspecified atom stereocenters. The lowest BCUT2D eigenvalue weighted by Crippen LogP contribution is -2.31. The predicted octanol–water partition coefficient (Wildman–Crippen LogP) is 6.67. The summed E-state index contributed by atoms with van der Waals surface area (Å²) in [5, 5.41) is 21.8. The number of ether oxygens (including phenoxy) is 2. The summed E-state index contributed by atoms with van der Waals surface area (Å²) >= 11 is 3.24. The van der Waals surface area contributed by atoms with Crippen LogP contribution in [-0.2, 0) is 22.6 Å². The van der Waals surface area contributed by atoms with Crippen molar-refractivity contribution in [1.29, 1.82) is 0 Å². The van der Waals surface area contributed by atoms with E-state index in [0.717, 1.165) is 48.5 Å². The molecule has 1 aliphatic rings. The molecule has 8 nitrogen and oxygen atoms in total. The van der Waals surface area contributed by atoms with Crippen molar-refractivity contribution in [3.05, 3.63) is 130 Å². The van der Waals surface area contributed by atoms with Crippen LogP contribution in [0.25, 0.3) is 11.1 Å². The maximum atomic E-state index is 12.6. The van der Waals surface area contributed by atoms with E-state index < -0.39 is 6.29 Å². The first-order chi connectivity index (χ1) is 21.6. The topological polar surface area (TPSA) is 106 Å². The maximum Gasteiger partial charge on any atom is 0.253 e. The number of hydrogen-bond acceptors (Lipinski definition) is 9. The summed E-state index contributed by atoms with van der Waals surface area (Å²) in [7, 11) is 0. The van der Waals surface area contributed by atoms with Gasteiger partial charge in [0, 0.05) is 36.7 Å². The zero-order valence-corrected chi connectivity index (χ0v) is 25.8. The van der Waals surface area contributed by atoms with Crippen LogP contribution in [0, 0.1) is 6.92 Å². The Balaban J connectivity index is 1.18. The molecule has 1 amide bonds. The van der Waals surface area contributed by atoms with Gasteiger partial charge in [0.15, 0.2) is 10.6 Å². The largest absolute Gasteiger partial charge is 0.392 e. The summed E-state index contributed by atoms with van der Waals surface area (Å²) in [6.07, 6.45) is 3.15. The number of rotatable bonds is 10. The van der Waals surface area contributed by atoms with Crippen LogP contribution in [0.2, 0.25) is 0 Å². The van der Waals surface area contributed by atoms with E-state index in [1.807, 2.05) is 61.5 Å². The Morgan fingerprint density at radius 1 is 0.977 bits per heavy atom. The van der Waals surface area contributed by atoms with Crippen LogP contribution in [0.1, 0.15) is 56.4 Å². The molecule has 5 aromatic rings. The Morgan fingerprint density at radius 2 is 1.77 bits per heavy atom. The smallest absolute Gasteiger partial charge is 0.253 e. The number of aryl methyl sites for hydroxylation is 1. The van der Waals surface area contributed by atoms with Crippen molar-refractivity contribution >= 4 is 29.0 Å². The van der Waals surface area contributed by atoms with Crippen molar-refractivity contribution in [2.24, 2.45) is 0 Å². The minimum atomic E-state index is -0.545. The van der Waals surface area contributed by atoms with Crippen molar-refractivity contribution in [3.8, 4) is 11.1 Å². The third kappa shape index (κ3) is 7.40. The van der Waals surface area contributed by atoms with Crippen molar-refractivity contribution in [1.82, 2.24) is 20.5 Å². The number of nitrogens with one attached hydrogen (secondary N) is 1. The number of nitrogens with zero attached hydrogens (tertiary/aromatic N) is 3. The SMILES string of the molecule is Cc1nnc(SC[C@H]2C[C@@H](c3ccc(CO)cc3)O[C@@H](c3ccc(-c4ccccc4CNC(=O)c4cccnc4)cc3)O2)s1. The van der Waals surface area contributed by atoms with E-state index in [9.17, 15) is 9.90 Å². The number of carbonyl (C=O) groups excluding carboxylic acids is 1. The predicted molar refractivity (Wildman–Crippen MR) is 171 cm³/mol. The van der Waals surface area contributed by atoms with Crippen LogP contribution in [0.3, 0.4) is 0 Å². The summed E-state index contributed by atoms with van der Waals surface area (Å²) in [6, 6.07) is 27.7. The Labute approximate surface area is 264 Å². The summed E-state index contributed by atoms with van der Waals surface area (Å²) < 4.78 is 13.9. The second kappa shape index (κ2) is 14.2. The Bertz CT molecular complexity index is 1680.